The molecule has 2 aromatic heterocycles. The Labute approximate surface area is 145 Å². The Bertz CT molecular complexity index is 874. The topological polar surface area (TPSA) is 92.9 Å². The third-order valence-electron chi connectivity index (χ3n) is 4.03. The molecule has 0 radical (unpaired) electrons. The molecular formula is C18H19N5O2. The van der Waals surface area contributed by atoms with E-state index in [2.05, 4.69) is 26.0 Å². The maximum atomic E-state index is 12.6. The number of anilines is 1. The minimum atomic E-state index is -0.716. The van der Waals surface area contributed by atoms with Crippen LogP contribution in [-0.2, 0) is 10.2 Å². The summed E-state index contributed by atoms with van der Waals surface area (Å²) in [5.74, 6) is 0.211. The number of rotatable bonds is 5. The summed E-state index contributed by atoms with van der Waals surface area (Å²) in [7, 11) is 0. The predicted molar refractivity (Wildman–Crippen MR) is 93.5 cm³/mol. The molecule has 7 nitrogen and oxygen atoms in total. The van der Waals surface area contributed by atoms with E-state index in [4.69, 9.17) is 4.52 Å². The summed E-state index contributed by atoms with van der Waals surface area (Å²) in [6.45, 7) is 5.71. The van der Waals surface area contributed by atoms with E-state index >= 15 is 0 Å². The highest BCUT2D eigenvalue weighted by Gasteiger charge is 2.31. The zero-order chi connectivity index (χ0) is 17.9. The SMILES string of the molecule is Cc1ccccc1C(C)(C)C(=O)NNc1nc(-c2ccncc2)no1. The van der Waals surface area contributed by atoms with Gasteiger partial charge in [0.05, 0.1) is 5.41 Å². The van der Waals surface area contributed by atoms with Crippen LogP contribution in [0.4, 0.5) is 6.01 Å². The third-order valence-corrected chi connectivity index (χ3v) is 4.03. The highest BCUT2D eigenvalue weighted by atomic mass is 16.5. The molecule has 0 aliphatic rings. The molecule has 0 aliphatic carbocycles. The first-order chi connectivity index (χ1) is 12.0. The van der Waals surface area contributed by atoms with Gasteiger partial charge in [-0.25, -0.2) is 5.43 Å². The molecule has 3 aromatic rings. The first-order valence-electron chi connectivity index (χ1n) is 7.85. The second kappa shape index (κ2) is 6.72. The van der Waals surface area contributed by atoms with Gasteiger partial charge in [0, 0.05) is 18.0 Å². The van der Waals surface area contributed by atoms with E-state index in [0.29, 0.717) is 5.82 Å². The zero-order valence-electron chi connectivity index (χ0n) is 14.3. The molecule has 0 atom stereocenters. The first-order valence-corrected chi connectivity index (χ1v) is 7.85. The van der Waals surface area contributed by atoms with Gasteiger partial charge in [-0.3, -0.25) is 15.2 Å². The van der Waals surface area contributed by atoms with Gasteiger partial charge in [-0.15, -0.1) is 0 Å². The molecule has 1 amide bonds. The Hall–Kier alpha value is -3.22. The van der Waals surface area contributed by atoms with E-state index in [1.807, 2.05) is 45.0 Å². The Morgan fingerprint density at radius 1 is 1.12 bits per heavy atom. The zero-order valence-corrected chi connectivity index (χ0v) is 14.3. The van der Waals surface area contributed by atoms with Crippen molar-refractivity contribution < 1.29 is 9.32 Å². The lowest BCUT2D eigenvalue weighted by Crippen LogP contribution is -2.43. The molecule has 0 aliphatic heterocycles. The predicted octanol–water partition coefficient (Wildman–Crippen LogP) is 2.86. The van der Waals surface area contributed by atoms with Crippen molar-refractivity contribution in [3.05, 3.63) is 59.9 Å². The van der Waals surface area contributed by atoms with E-state index < -0.39 is 5.41 Å². The number of nitrogens with one attached hydrogen (secondary N) is 2. The van der Waals surface area contributed by atoms with Crippen LogP contribution in [0.3, 0.4) is 0 Å². The third kappa shape index (κ3) is 3.50. The Morgan fingerprint density at radius 2 is 1.84 bits per heavy atom. The van der Waals surface area contributed by atoms with Crippen molar-refractivity contribution in [2.75, 3.05) is 5.43 Å². The second-order valence-corrected chi connectivity index (χ2v) is 6.18. The van der Waals surface area contributed by atoms with Gasteiger partial charge in [0.25, 0.3) is 0 Å². The highest BCUT2D eigenvalue weighted by molar-refractivity contribution is 5.88. The van der Waals surface area contributed by atoms with Crippen molar-refractivity contribution >= 4 is 11.9 Å². The standard InChI is InChI=1S/C18H19N5O2/c1-12-6-4-5-7-14(12)18(2,3)16(24)21-22-17-20-15(23-25-17)13-8-10-19-11-9-13/h4-11H,1-3H3,(H,21,24)(H,20,22,23). The van der Waals surface area contributed by atoms with Crippen LogP contribution in [0.2, 0.25) is 0 Å². The maximum Gasteiger partial charge on any atom is 0.340 e. The van der Waals surface area contributed by atoms with E-state index in [0.717, 1.165) is 16.7 Å². The van der Waals surface area contributed by atoms with Crippen LogP contribution in [0.1, 0.15) is 25.0 Å². The lowest BCUT2D eigenvalue weighted by molar-refractivity contribution is -0.125. The van der Waals surface area contributed by atoms with Crippen LogP contribution < -0.4 is 10.9 Å². The maximum absolute atomic E-state index is 12.6. The molecule has 0 saturated carbocycles. The Morgan fingerprint density at radius 3 is 2.56 bits per heavy atom. The molecule has 0 fully saturated rings. The van der Waals surface area contributed by atoms with Crippen LogP contribution >= 0.6 is 0 Å². The first kappa shape index (κ1) is 16.6. The van der Waals surface area contributed by atoms with Crippen molar-refractivity contribution in [3.8, 4) is 11.4 Å². The lowest BCUT2D eigenvalue weighted by Gasteiger charge is -2.25. The number of benzene rings is 1. The minimum absolute atomic E-state index is 0.112. The quantitative estimate of drug-likeness (QED) is 0.696. The van der Waals surface area contributed by atoms with Gasteiger partial charge >= 0.3 is 6.01 Å². The van der Waals surface area contributed by atoms with Gasteiger partial charge in [-0.1, -0.05) is 29.4 Å². The fourth-order valence-corrected chi connectivity index (χ4v) is 2.56. The minimum Gasteiger partial charge on any atom is -0.313 e. The number of hydrogen-bond acceptors (Lipinski definition) is 6. The smallest absolute Gasteiger partial charge is 0.313 e. The van der Waals surface area contributed by atoms with Crippen LogP contribution in [0, 0.1) is 6.92 Å². The summed E-state index contributed by atoms with van der Waals surface area (Å²) in [5, 5.41) is 3.87. The lowest BCUT2D eigenvalue weighted by atomic mass is 9.81. The Balaban J connectivity index is 1.68. The molecule has 2 heterocycles. The number of carbonyl (C=O) groups excluding carboxylic acids is 1. The molecule has 1 aromatic carbocycles. The van der Waals surface area contributed by atoms with E-state index in [-0.39, 0.29) is 11.9 Å². The molecule has 3 rings (SSSR count). The number of hydrazine groups is 1. The summed E-state index contributed by atoms with van der Waals surface area (Å²) in [6, 6.07) is 11.5. The molecule has 0 unspecified atom stereocenters. The van der Waals surface area contributed by atoms with Gasteiger partial charge in [0.2, 0.25) is 11.7 Å². The van der Waals surface area contributed by atoms with Crippen molar-refractivity contribution in [2.45, 2.75) is 26.2 Å². The van der Waals surface area contributed by atoms with E-state index in [9.17, 15) is 4.79 Å². The van der Waals surface area contributed by atoms with Crippen molar-refractivity contribution in [2.24, 2.45) is 0 Å². The van der Waals surface area contributed by atoms with Gasteiger partial charge in [-0.2, -0.15) is 4.98 Å². The molecule has 7 heteroatoms. The monoisotopic (exact) mass is 337 g/mol. The fraction of sp³-hybridized carbons (Fsp3) is 0.222. The summed E-state index contributed by atoms with van der Waals surface area (Å²) in [4.78, 5) is 20.7. The van der Waals surface area contributed by atoms with Gasteiger partial charge in [-0.05, 0) is 44.0 Å². The van der Waals surface area contributed by atoms with E-state index in [1.165, 1.54) is 0 Å². The van der Waals surface area contributed by atoms with Crippen LogP contribution in [0.25, 0.3) is 11.4 Å². The summed E-state index contributed by atoms with van der Waals surface area (Å²) in [5.41, 5.74) is 7.38. The normalized spacial score (nSPS) is 11.2. The number of nitrogens with zero attached hydrogens (tertiary/aromatic N) is 3. The van der Waals surface area contributed by atoms with Crippen LogP contribution in [0.5, 0.6) is 0 Å². The summed E-state index contributed by atoms with van der Waals surface area (Å²) < 4.78 is 5.10. The second-order valence-electron chi connectivity index (χ2n) is 6.18. The number of aryl methyl sites for hydroxylation is 1. The number of aromatic nitrogens is 3. The van der Waals surface area contributed by atoms with E-state index in [1.54, 1.807) is 24.5 Å². The molecular weight excluding hydrogens is 318 g/mol. The van der Waals surface area contributed by atoms with Gasteiger partial charge in [0.1, 0.15) is 0 Å². The molecule has 128 valence electrons. The molecule has 0 bridgehead atoms. The summed E-state index contributed by atoms with van der Waals surface area (Å²) in [6.07, 6.45) is 3.29. The fourth-order valence-electron chi connectivity index (χ4n) is 2.56. The van der Waals surface area contributed by atoms with Crippen molar-refractivity contribution in [1.82, 2.24) is 20.6 Å². The number of amides is 1. The average molecular weight is 337 g/mol. The van der Waals surface area contributed by atoms with Crippen molar-refractivity contribution in [1.29, 1.82) is 0 Å². The average Bonchev–Trinajstić information content (AvgIpc) is 3.09. The number of hydrogen-bond donors (Lipinski definition) is 2. The van der Waals surface area contributed by atoms with Crippen LogP contribution in [-0.4, -0.2) is 21.0 Å². The molecule has 0 saturated heterocycles. The summed E-state index contributed by atoms with van der Waals surface area (Å²) >= 11 is 0. The van der Waals surface area contributed by atoms with Gasteiger partial charge in [0.15, 0.2) is 0 Å². The number of pyridine rings is 1. The molecule has 2 N–H and O–H groups in total. The van der Waals surface area contributed by atoms with Crippen molar-refractivity contribution in [3.63, 3.8) is 0 Å². The number of carbonyl (C=O) groups is 1. The van der Waals surface area contributed by atoms with Gasteiger partial charge < -0.3 is 4.52 Å². The molecule has 0 spiro atoms. The largest absolute Gasteiger partial charge is 0.340 e. The molecule has 25 heavy (non-hydrogen) atoms. The highest BCUT2D eigenvalue weighted by Crippen LogP contribution is 2.26. The van der Waals surface area contributed by atoms with Crippen LogP contribution in [0.15, 0.2) is 53.3 Å². The Kier molecular flexibility index (Phi) is 4.47.